The number of halogens is 1. The van der Waals surface area contributed by atoms with Gasteiger partial charge in [-0.15, -0.1) is 0 Å². The number of methoxy groups -OCH3 is 1. The second-order valence-corrected chi connectivity index (χ2v) is 7.17. The first kappa shape index (κ1) is 21.4. The van der Waals surface area contributed by atoms with Crippen LogP contribution in [-0.2, 0) is 6.61 Å². The predicted molar refractivity (Wildman–Crippen MR) is 120 cm³/mol. The van der Waals surface area contributed by atoms with Crippen LogP contribution >= 0.6 is 11.6 Å². The topological polar surface area (TPSA) is 59.9 Å². The van der Waals surface area contributed by atoms with E-state index in [1.807, 2.05) is 68.4 Å². The number of carbonyl (C=O) groups is 1. The van der Waals surface area contributed by atoms with Crippen molar-refractivity contribution in [1.29, 1.82) is 0 Å². The van der Waals surface area contributed by atoms with Crippen molar-refractivity contribution in [3.63, 3.8) is 0 Å². The third-order valence-electron chi connectivity index (χ3n) is 4.56. The van der Waals surface area contributed by atoms with E-state index in [1.165, 1.54) is 0 Å². The molecule has 0 aromatic heterocycles. The standard InChI is InChI=1S/C24H23ClN2O3/c1-16-13-22(11-12-23(16)25)30-15-18-7-9-19(10-8-18)24(28)27-26-17(2)20-5-4-6-21(14-20)29-3/h4-14H,15H2,1-3H3,(H,27,28)/b26-17-. The monoisotopic (exact) mass is 422 g/mol. The lowest BCUT2D eigenvalue weighted by Gasteiger charge is -2.09. The van der Waals surface area contributed by atoms with E-state index in [1.54, 1.807) is 19.2 Å². The summed E-state index contributed by atoms with van der Waals surface area (Å²) < 4.78 is 11.0. The van der Waals surface area contributed by atoms with Gasteiger partial charge in [-0.25, -0.2) is 5.43 Å². The molecule has 3 aromatic rings. The first-order valence-electron chi connectivity index (χ1n) is 9.43. The Morgan fingerprint density at radius 2 is 1.77 bits per heavy atom. The lowest BCUT2D eigenvalue weighted by atomic mass is 10.1. The molecule has 6 heteroatoms. The zero-order chi connectivity index (χ0) is 21.5. The lowest BCUT2D eigenvalue weighted by molar-refractivity contribution is 0.0955. The molecule has 30 heavy (non-hydrogen) atoms. The Hall–Kier alpha value is -3.31. The largest absolute Gasteiger partial charge is 0.497 e. The van der Waals surface area contributed by atoms with Crippen LogP contribution in [0.1, 0.15) is 34.0 Å². The highest BCUT2D eigenvalue weighted by Crippen LogP contribution is 2.22. The number of hydrogen-bond acceptors (Lipinski definition) is 4. The van der Waals surface area contributed by atoms with Crippen molar-refractivity contribution in [3.05, 3.63) is 94.0 Å². The first-order valence-corrected chi connectivity index (χ1v) is 9.81. The molecule has 5 nitrogen and oxygen atoms in total. The zero-order valence-corrected chi connectivity index (χ0v) is 17.9. The number of hydrogen-bond donors (Lipinski definition) is 1. The summed E-state index contributed by atoms with van der Waals surface area (Å²) >= 11 is 6.03. The fourth-order valence-electron chi connectivity index (χ4n) is 2.74. The van der Waals surface area contributed by atoms with Crippen LogP contribution in [0.4, 0.5) is 0 Å². The molecule has 0 aliphatic carbocycles. The molecular formula is C24H23ClN2O3. The van der Waals surface area contributed by atoms with Gasteiger partial charge in [-0.2, -0.15) is 5.10 Å². The van der Waals surface area contributed by atoms with Crippen molar-refractivity contribution in [2.75, 3.05) is 7.11 Å². The number of aryl methyl sites for hydroxylation is 1. The number of nitrogens with one attached hydrogen (secondary N) is 1. The summed E-state index contributed by atoms with van der Waals surface area (Å²) in [6, 6.07) is 20.3. The van der Waals surface area contributed by atoms with E-state index in [-0.39, 0.29) is 5.91 Å². The second-order valence-electron chi connectivity index (χ2n) is 6.77. The fourth-order valence-corrected chi connectivity index (χ4v) is 2.86. The molecule has 3 rings (SSSR count). The highest BCUT2D eigenvalue weighted by Gasteiger charge is 2.06. The van der Waals surface area contributed by atoms with E-state index >= 15 is 0 Å². The maximum atomic E-state index is 12.4. The molecule has 0 heterocycles. The molecule has 1 N–H and O–H groups in total. The molecule has 0 atom stereocenters. The minimum absolute atomic E-state index is 0.280. The maximum Gasteiger partial charge on any atom is 0.271 e. The Morgan fingerprint density at radius 1 is 1.00 bits per heavy atom. The molecule has 154 valence electrons. The molecule has 1 amide bonds. The van der Waals surface area contributed by atoms with Crippen LogP contribution in [0.3, 0.4) is 0 Å². The smallest absolute Gasteiger partial charge is 0.271 e. The van der Waals surface area contributed by atoms with Crippen molar-refractivity contribution in [2.24, 2.45) is 5.10 Å². The van der Waals surface area contributed by atoms with Crippen molar-refractivity contribution in [2.45, 2.75) is 20.5 Å². The Morgan fingerprint density at radius 3 is 2.47 bits per heavy atom. The number of carbonyl (C=O) groups excluding carboxylic acids is 1. The summed E-state index contributed by atoms with van der Waals surface area (Å²) in [6.07, 6.45) is 0. The van der Waals surface area contributed by atoms with Gasteiger partial charge in [-0.05, 0) is 67.4 Å². The molecule has 0 radical (unpaired) electrons. The van der Waals surface area contributed by atoms with Crippen LogP contribution in [0.25, 0.3) is 0 Å². The van der Waals surface area contributed by atoms with Gasteiger partial charge >= 0.3 is 0 Å². The predicted octanol–water partition coefficient (Wildman–Crippen LogP) is 5.39. The minimum atomic E-state index is -0.280. The molecule has 3 aromatic carbocycles. The normalized spacial score (nSPS) is 11.1. The highest BCUT2D eigenvalue weighted by molar-refractivity contribution is 6.31. The third kappa shape index (κ3) is 5.61. The summed E-state index contributed by atoms with van der Waals surface area (Å²) in [5.74, 6) is 1.21. The van der Waals surface area contributed by atoms with Gasteiger partial charge in [0.05, 0.1) is 12.8 Å². The zero-order valence-electron chi connectivity index (χ0n) is 17.1. The summed E-state index contributed by atoms with van der Waals surface area (Å²) in [5.41, 5.74) is 6.58. The van der Waals surface area contributed by atoms with Crippen LogP contribution < -0.4 is 14.9 Å². The van der Waals surface area contributed by atoms with Gasteiger partial charge < -0.3 is 9.47 Å². The van der Waals surface area contributed by atoms with E-state index in [4.69, 9.17) is 21.1 Å². The molecule has 0 fully saturated rings. The highest BCUT2D eigenvalue weighted by atomic mass is 35.5. The quantitative estimate of drug-likeness (QED) is 0.410. The average Bonchev–Trinajstić information content (AvgIpc) is 2.78. The fraction of sp³-hybridized carbons (Fsp3) is 0.167. The molecular weight excluding hydrogens is 400 g/mol. The van der Waals surface area contributed by atoms with E-state index in [2.05, 4.69) is 10.5 Å². The number of nitrogens with zero attached hydrogens (tertiary/aromatic N) is 1. The number of rotatable bonds is 7. The van der Waals surface area contributed by atoms with Crippen LogP contribution in [0.15, 0.2) is 71.8 Å². The number of ether oxygens (including phenoxy) is 2. The third-order valence-corrected chi connectivity index (χ3v) is 4.99. The Kier molecular flexibility index (Phi) is 7.09. The summed E-state index contributed by atoms with van der Waals surface area (Å²) in [7, 11) is 1.61. The van der Waals surface area contributed by atoms with E-state index in [9.17, 15) is 4.79 Å². The van der Waals surface area contributed by atoms with E-state index in [0.717, 1.165) is 28.2 Å². The van der Waals surface area contributed by atoms with Crippen molar-refractivity contribution < 1.29 is 14.3 Å². The van der Waals surface area contributed by atoms with Crippen LogP contribution in [0.5, 0.6) is 11.5 Å². The van der Waals surface area contributed by atoms with Gasteiger partial charge in [0.25, 0.3) is 5.91 Å². The van der Waals surface area contributed by atoms with Crippen molar-refractivity contribution in [3.8, 4) is 11.5 Å². The Bertz CT molecular complexity index is 1060. The van der Waals surface area contributed by atoms with Crippen molar-refractivity contribution >= 4 is 23.2 Å². The molecule has 0 saturated carbocycles. The van der Waals surface area contributed by atoms with Gasteiger partial charge in [0.2, 0.25) is 0 Å². The Balaban J connectivity index is 1.58. The lowest BCUT2D eigenvalue weighted by Crippen LogP contribution is -2.19. The van der Waals surface area contributed by atoms with Gasteiger partial charge in [0, 0.05) is 16.1 Å². The molecule has 0 unspecified atom stereocenters. The summed E-state index contributed by atoms with van der Waals surface area (Å²) in [6.45, 7) is 4.16. The molecule has 0 aliphatic heterocycles. The number of hydrazone groups is 1. The molecule has 0 saturated heterocycles. The van der Waals surface area contributed by atoms with E-state index < -0.39 is 0 Å². The maximum absolute atomic E-state index is 12.4. The Labute approximate surface area is 181 Å². The second kappa shape index (κ2) is 9.94. The van der Waals surface area contributed by atoms with Crippen LogP contribution in [0.2, 0.25) is 5.02 Å². The SMILES string of the molecule is COc1cccc(/C(C)=N\NC(=O)c2ccc(COc3ccc(Cl)c(C)c3)cc2)c1. The number of amides is 1. The molecule has 0 spiro atoms. The molecule has 0 bridgehead atoms. The van der Waals surface area contributed by atoms with Gasteiger partial charge in [0.15, 0.2) is 0 Å². The van der Waals surface area contributed by atoms with Gasteiger partial charge in [-0.3, -0.25) is 4.79 Å². The van der Waals surface area contributed by atoms with Crippen LogP contribution in [-0.4, -0.2) is 18.7 Å². The van der Waals surface area contributed by atoms with Gasteiger partial charge in [0.1, 0.15) is 18.1 Å². The van der Waals surface area contributed by atoms with Crippen molar-refractivity contribution in [1.82, 2.24) is 5.43 Å². The average molecular weight is 423 g/mol. The van der Waals surface area contributed by atoms with Gasteiger partial charge in [-0.1, -0.05) is 35.9 Å². The molecule has 0 aliphatic rings. The summed E-state index contributed by atoms with van der Waals surface area (Å²) in [4.78, 5) is 12.4. The summed E-state index contributed by atoms with van der Waals surface area (Å²) in [5, 5.41) is 4.90. The number of benzene rings is 3. The first-order chi connectivity index (χ1) is 14.5. The van der Waals surface area contributed by atoms with Crippen LogP contribution in [0, 0.1) is 6.92 Å². The minimum Gasteiger partial charge on any atom is -0.497 e. The van der Waals surface area contributed by atoms with E-state index in [0.29, 0.717) is 22.9 Å².